The molecule has 57 heteroatoms. The van der Waals surface area contributed by atoms with Crippen molar-refractivity contribution < 1.29 is 267 Å². The molecule has 0 radical (unpaired) electrons. The number of carboxylic acid groups (broad SMARTS) is 3. The molecule has 9 aliphatic rings. The van der Waals surface area contributed by atoms with Crippen molar-refractivity contribution in [3.63, 3.8) is 0 Å². The van der Waals surface area contributed by atoms with Gasteiger partial charge in [-0.3, -0.25) is 4.52 Å². The number of carboxylic acids is 3. The third kappa shape index (κ3) is 21.3. The van der Waals surface area contributed by atoms with Gasteiger partial charge in [0, 0.05) is 12.8 Å². The molecular weight excluding hydrogens is 1660 g/mol. The van der Waals surface area contributed by atoms with Crippen LogP contribution in [0.25, 0.3) is 0 Å². The number of aliphatic carboxylic acids is 3. The van der Waals surface area contributed by atoms with E-state index in [1.807, 2.05) is 0 Å². The van der Waals surface area contributed by atoms with E-state index in [9.17, 15) is 182 Å². The highest BCUT2D eigenvalue weighted by molar-refractivity contribution is 7.46. The van der Waals surface area contributed by atoms with Crippen LogP contribution in [0.1, 0.15) is 12.8 Å². The maximum absolute atomic E-state index is 14.1. The van der Waals surface area contributed by atoms with Gasteiger partial charge in [-0.25, -0.2) is 18.9 Å². The lowest BCUT2D eigenvalue weighted by Gasteiger charge is -2.53. The first-order valence-corrected chi connectivity index (χ1v) is 37.6. The lowest BCUT2D eigenvalue weighted by Crippen LogP contribution is -2.71. The molecule has 9 rings (SSSR count). The predicted octanol–water partition coefficient (Wildman–Crippen LogP) is -21.6. The molecule has 56 nitrogen and oxygen atoms in total. The zero-order chi connectivity index (χ0) is 87.7. The minimum absolute atomic E-state index is 0.612. The second kappa shape index (κ2) is 40.7. The monoisotopic (exact) mass is 1760 g/mol. The molecule has 9 aliphatic heterocycles. The Hall–Kier alpha value is -3.74. The molecule has 0 bridgehead atoms. The molecule has 8 saturated heterocycles. The number of hydrogen-bond donors (Lipinski definition) is 34. The van der Waals surface area contributed by atoms with Crippen LogP contribution in [-0.2, 0) is 104 Å². The molecule has 9 heterocycles. The van der Waals surface area contributed by atoms with Crippen molar-refractivity contribution in [1.82, 2.24) is 0 Å². The van der Waals surface area contributed by atoms with Crippen molar-refractivity contribution >= 4 is 25.7 Å². The molecule has 0 aromatic carbocycles. The summed E-state index contributed by atoms with van der Waals surface area (Å²) in [5.41, 5.74) is 11.8. The van der Waals surface area contributed by atoms with Crippen LogP contribution in [0.4, 0.5) is 0 Å². The number of ether oxygens (including phenoxy) is 17. The van der Waals surface area contributed by atoms with Gasteiger partial charge in [0.15, 0.2) is 37.7 Å². The van der Waals surface area contributed by atoms with Gasteiger partial charge in [0.25, 0.3) is 11.6 Å². The quantitative estimate of drug-likeness (QED) is 0.0266. The second-order valence-corrected chi connectivity index (χ2v) is 30.2. The lowest BCUT2D eigenvalue weighted by atomic mass is 9.89. The number of carbonyl (C=O) groups is 3. The molecule has 684 valence electrons. The fraction of sp³-hybridized carbons (Fsp3) is 0.918. The molecule has 46 atom stereocenters. The van der Waals surface area contributed by atoms with E-state index in [2.05, 4.69) is 0 Å². The summed E-state index contributed by atoms with van der Waals surface area (Å²) in [7, 11) is -5.87. The van der Waals surface area contributed by atoms with Crippen molar-refractivity contribution in [1.29, 1.82) is 0 Å². The van der Waals surface area contributed by atoms with E-state index in [1.54, 1.807) is 0 Å². The van der Waals surface area contributed by atoms with E-state index < -0.39 is 379 Å². The number of aliphatic hydroxyl groups excluding tert-OH is 27. The zero-order valence-electron chi connectivity index (χ0n) is 60.9. The van der Waals surface area contributed by atoms with E-state index in [4.69, 9.17) is 96.5 Å². The van der Waals surface area contributed by atoms with Crippen LogP contribution in [-0.4, -0.2) is 515 Å². The van der Waals surface area contributed by atoms with Gasteiger partial charge in [-0.1, -0.05) is 0 Å². The summed E-state index contributed by atoms with van der Waals surface area (Å²) < 4.78 is 114. The van der Waals surface area contributed by atoms with Gasteiger partial charge in [-0.15, -0.1) is 0 Å². The van der Waals surface area contributed by atoms with Crippen LogP contribution in [0.3, 0.4) is 0 Å². The van der Waals surface area contributed by atoms with Crippen molar-refractivity contribution in [2.75, 3.05) is 52.9 Å². The topological polar surface area (TPSA) is 934 Å². The normalized spacial score (nSPS) is 47.3. The second-order valence-electron chi connectivity index (χ2n) is 29.0. The van der Waals surface area contributed by atoms with Crippen LogP contribution in [0.15, 0.2) is 11.8 Å². The van der Waals surface area contributed by atoms with E-state index >= 15 is 0 Å². The number of rotatable bonds is 34. The van der Waals surface area contributed by atoms with Crippen LogP contribution >= 0.6 is 7.82 Å². The zero-order valence-corrected chi connectivity index (χ0v) is 61.8. The summed E-state index contributed by atoms with van der Waals surface area (Å²) in [5, 5.41) is 329. The molecule has 0 aliphatic carbocycles. The van der Waals surface area contributed by atoms with Crippen molar-refractivity contribution in [3.8, 4) is 0 Å². The highest BCUT2D eigenvalue weighted by Crippen LogP contribution is 2.46. The molecule has 0 unspecified atom stereocenters. The molecular formula is C61H101N2O54P. The van der Waals surface area contributed by atoms with Crippen molar-refractivity contribution in [2.24, 2.45) is 11.5 Å². The summed E-state index contributed by atoms with van der Waals surface area (Å²) in [6.07, 6.45) is -103. The Morgan fingerprint density at radius 2 is 0.924 bits per heavy atom. The Morgan fingerprint density at radius 1 is 0.441 bits per heavy atom. The molecule has 8 fully saturated rings. The van der Waals surface area contributed by atoms with E-state index in [-0.39, 0.29) is 0 Å². The Kier molecular flexibility index (Phi) is 33.8. The Balaban J connectivity index is 1.07. The first kappa shape index (κ1) is 98.1. The molecule has 0 amide bonds. The molecule has 118 heavy (non-hydrogen) atoms. The molecule has 0 aromatic rings. The summed E-state index contributed by atoms with van der Waals surface area (Å²) in [6.45, 7) is -10.7. The van der Waals surface area contributed by atoms with Gasteiger partial charge in [0.1, 0.15) is 201 Å². The predicted molar refractivity (Wildman–Crippen MR) is 351 cm³/mol. The SMILES string of the molecule is N[C@@H]1[C@@H](O)[C@H](O)[C@@H](CO[C@@H]2O[C@H](CO[C@]3(C(=O)O)C[C@@H](O[C@]4(C(=O)O)C[C@@H](O)[C@@H](O)[C@@H]([C@H](O)CO)O4)[C@@H](O[C@H]4O[C@H]([C@@H](O)CO)[C@@H](O[C@@H]5O[C@H](CO)[C@H](O)[C@H](O)[C@H]5O)[C@H](O[C@H]5O[C@H]([C@@H](O)CO[C@H]6O[C@H]([C@@H](O)CO[C@H]7OC(C(=O)O)=C[C@@H](O)[C@@H]7O)[C@@H](O)[C@H](O)[C@@H]6O)[C@@H](O)[C@H](O)[C@@H]5O)[C@@H]4O)[C@@H]([C@H](O)CO)O3)[C@@H](OP(=O)(O)O)[C@H](O)[C@H]2N)O[C@@H]1O. The number of phosphoric acid groups is 1. The number of nitrogens with two attached hydrogens (primary N) is 2. The minimum atomic E-state index is -5.87. The fourth-order valence-electron chi connectivity index (χ4n) is 14.2. The standard InChI is InChI=1S/C61H101N2O54P/c62-24-30(79)29(78)22(104-51(24)92)10-102-52-25(63)31(80)46(117-118(97,98)99)23(107-52)11-103-60(58(93)94)3-20(114-61(59(95)96)2-13(69)26(75)43(115-61)14(70)4-64)47(45(116-60)16(72)6-66)111-57-40(89)48(49(44(110-57)15(71)5-65)113-55-38(87)32(81)28(77)21(7-67)106-55)112-56-39(88)34(83)36(85)42(109-56)18(74)9-101-54-37(86)33(82)35(84)41(108-54)17(73)8-100-53-27(76)12(68)1-19(105-53)50(90)91/h1,12-18,20-49,51-57,64-89,92H,2-11,62-63H2,(H,90,91)(H,93,94)(H,95,96)(H2,97,98,99)/t12-,13-,14-,15+,16-,17+,18+,20-,21-,22-,23-,24-,25-,26-,27+,28+,29-,30-,31-,32+,33+,34+,35+,36+,37+,38-,39+,40+,41-,42-,43-,44-,45-,46-,47-,48-,49-,51+,52-,53+,54+,55+,56-,57-,60-,61-/m1/s1. The van der Waals surface area contributed by atoms with Crippen LogP contribution in [0, 0.1) is 0 Å². The number of phosphoric ester groups is 1. The Morgan fingerprint density at radius 3 is 1.48 bits per heavy atom. The Bertz CT molecular complexity index is 3310. The van der Waals surface area contributed by atoms with Gasteiger partial charge < -0.3 is 255 Å². The van der Waals surface area contributed by atoms with Gasteiger partial charge >= 0.3 is 25.7 Å². The van der Waals surface area contributed by atoms with Gasteiger partial charge in [-0.05, 0) is 6.08 Å². The maximum Gasteiger partial charge on any atom is 0.470 e. The average molecular weight is 1760 g/mol. The van der Waals surface area contributed by atoms with Gasteiger partial charge in [0.2, 0.25) is 12.0 Å². The molecule has 0 spiro atoms. The number of aliphatic hydroxyl groups is 27. The largest absolute Gasteiger partial charge is 0.477 e. The highest BCUT2D eigenvalue weighted by atomic mass is 31.2. The van der Waals surface area contributed by atoms with Crippen molar-refractivity contribution in [2.45, 2.75) is 294 Å². The van der Waals surface area contributed by atoms with Crippen LogP contribution in [0.2, 0.25) is 0 Å². The van der Waals surface area contributed by atoms with Crippen molar-refractivity contribution in [3.05, 3.63) is 11.8 Å². The molecule has 36 N–H and O–H groups in total. The van der Waals surface area contributed by atoms with Crippen LogP contribution in [0.5, 0.6) is 0 Å². The molecule has 0 saturated carbocycles. The number of hydrogen-bond acceptors (Lipinski definition) is 51. The van der Waals surface area contributed by atoms with Gasteiger partial charge in [0.05, 0.1) is 77.1 Å². The average Bonchev–Trinajstić information content (AvgIpc) is 0.739. The highest BCUT2D eigenvalue weighted by Gasteiger charge is 2.65. The minimum Gasteiger partial charge on any atom is -0.477 e. The van der Waals surface area contributed by atoms with E-state index in [0.717, 1.165) is 0 Å². The van der Waals surface area contributed by atoms with E-state index in [1.165, 1.54) is 0 Å². The van der Waals surface area contributed by atoms with E-state index in [0.29, 0.717) is 6.08 Å². The first-order valence-electron chi connectivity index (χ1n) is 36.1. The molecule has 0 aromatic heterocycles. The lowest BCUT2D eigenvalue weighted by molar-refractivity contribution is -0.416. The third-order valence-corrected chi connectivity index (χ3v) is 21.4. The smallest absolute Gasteiger partial charge is 0.470 e. The summed E-state index contributed by atoms with van der Waals surface area (Å²) in [4.78, 5) is 59.5. The van der Waals surface area contributed by atoms with Gasteiger partial charge in [-0.2, -0.15) is 0 Å². The third-order valence-electron chi connectivity index (χ3n) is 20.9. The van der Waals surface area contributed by atoms with Crippen LogP contribution < -0.4 is 11.5 Å². The maximum atomic E-state index is 14.1. The first-order chi connectivity index (χ1) is 55.2. The summed E-state index contributed by atoms with van der Waals surface area (Å²) in [5.74, 6) is -14.9. The Labute approximate surface area is 661 Å². The summed E-state index contributed by atoms with van der Waals surface area (Å²) >= 11 is 0. The fourth-order valence-corrected chi connectivity index (χ4v) is 14.8. The summed E-state index contributed by atoms with van der Waals surface area (Å²) in [6, 6.07) is -3.57.